The number of halogens is 2. The lowest BCUT2D eigenvalue weighted by molar-refractivity contribution is 0.111. The van der Waals surface area contributed by atoms with Gasteiger partial charge in [0.05, 0.1) is 10.0 Å². The zero-order chi connectivity index (χ0) is 23.8. The average molecular weight is 482 g/mol. The van der Waals surface area contributed by atoms with Crippen molar-refractivity contribution in [2.24, 2.45) is 0 Å². The molecule has 4 aromatic rings. The standard InChI is InChI=1S/C20H22N2O.C7H7Cl2N/c1-3-5-15(4-2)16-6-8-17(9-7-16)18-10-11-20-21-19(14-23)13-22(20)12-18;1-10-5-2-3-6(8)7(9)4-5/h6-15H,3-5H2,1-2H3;2-4,10H,1H3/t15-;/m0./s1. The first-order chi connectivity index (χ1) is 16.0. The van der Waals surface area contributed by atoms with Crippen molar-refractivity contribution in [1.82, 2.24) is 9.38 Å². The number of aldehydes is 1. The molecule has 0 saturated carbocycles. The number of nitrogens with zero attached hydrogens (tertiary/aromatic N) is 2. The highest BCUT2D eigenvalue weighted by molar-refractivity contribution is 6.42. The van der Waals surface area contributed by atoms with Crippen molar-refractivity contribution >= 4 is 40.8 Å². The molecule has 0 saturated heterocycles. The van der Waals surface area contributed by atoms with Crippen molar-refractivity contribution in [3.63, 3.8) is 0 Å². The molecule has 4 nitrogen and oxygen atoms in total. The van der Waals surface area contributed by atoms with Crippen LogP contribution in [0.1, 0.15) is 55.1 Å². The molecule has 4 rings (SSSR count). The van der Waals surface area contributed by atoms with E-state index in [4.69, 9.17) is 23.2 Å². The van der Waals surface area contributed by atoms with Crippen molar-refractivity contribution in [3.8, 4) is 11.1 Å². The Hall–Kier alpha value is -2.82. The van der Waals surface area contributed by atoms with Crippen LogP contribution in [0.15, 0.2) is 67.0 Å². The fourth-order valence-corrected chi connectivity index (χ4v) is 4.09. The molecule has 1 N–H and O–H groups in total. The zero-order valence-corrected chi connectivity index (χ0v) is 20.7. The van der Waals surface area contributed by atoms with Gasteiger partial charge >= 0.3 is 0 Å². The highest BCUT2D eigenvalue weighted by Crippen LogP contribution is 2.28. The minimum atomic E-state index is 0.461. The van der Waals surface area contributed by atoms with Gasteiger partial charge in [0.25, 0.3) is 0 Å². The van der Waals surface area contributed by atoms with Gasteiger partial charge < -0.3 is 9.72 Å². The van der Waals surface area contributed by atoms with Crippen LogP contribution in [-0.2, 0) is 0 Å². The summed E-state index contributed by atoms with van der Waals surface area (Å²) in [4.78, 5) is 15.1. The smallest absolute Gasteiger partial charge is 0.170 e. The predicted molar refractivity (Wildman–Crippen MR) is 140 cm³/mol. The summed E-state index contributed by atoms with van der Waals surface area (Å²) in [7, 11) is 1.83. The summed E-state index contributed by atoms with van der Waals surface area (Å²) in [5, 5.41) is 4.11. The van der Waals surface area contributed by atoms with Crippen LogP contribution in [0.3, 0.4) is 0 Å². The fourth-order valence-electron chi connectivity index (χ4n) is 3.79. The molecule has 2 aromatic carbocycles. The number of rotatable bonds is 7. The highest BCUT2D eigenvalue weighted by atomic mass is 35.5. The molecule has 0 amide bonds. The minimum Gasteiger partial charge on any atom is -0.388 e. The Morgan fingerprint density at radius 1 is 0.970 bits per heavy atom. The molecule has 0 spiro atoms. The van der Waals surface area contributed by atoms with Gasteiger partial charge in [0, 0.05) is 25.1 Å². The summed E-state index contributed by atoms with van der Waals surface area (Å²) in [6.45, 7) is 4.50. The second-order valence-corrected chi connectivity index (χ2v) is 8.68. The zero-order valence-electron chi connectivity index (χ0n) is 19.2. The Balaban J connectivity index is 0.000000257. The SMILES string of the molecule is CCC[C@H](CC)c1ccc(-c2ccc3nc(C=O)cn3c2)cc1.CNc1ccc(Cl)c(Cl)c1. The van der Waals surface area contributed by atoms with Gasteiger partial charge in [0.2, 0.25) is 0 Å². The summed E-state index contributed by atoms with van der Waals surface area (Å²) < 4.78 is 1.90. The lowest BCUT2D eigenvalue weighted by atomic mass is 9.91. The van der Waals surface area contributed by atoms with Crippen molar-refractivity contribution in [2.45, 2.75) is 39.0 Å². The van der Waals surface area contributed by atoms with Gasteiger partial charge in [-0.3, -0.25) is 4.79 Å². The normalized spacial score (nSPS) is 11.5. The largest absolute Gasteiger partial charge is 0.388 e. The summed E-state index contributed by atoms with van der Waals surface area (Å²) in [6, 6.07) is 18.3. The molecule has 2 heterocycles. The number of nitrogens with one attached hydrogen (secondary N) is 1. The van der Waals surface area contributed by atoms with Crippen LogP contribution in [0.25, 0.3) is 16.8 Å². The Labute approximate surface area is 205 Å². The van der Waals surface area contributed by atoms with Crippen LogP contribution in [0.4, 0.5) is 5.69 Å². The first kappa shape index (κ1) is 24.8. The molecule has 0 fully saturated rings. The van der Waals surface area contributed by atoms with E-state index in [0.717, 1.165) is 23.2 Å². The van der Waals surface area contributed by atoms with E-state index < -0.39 is 0 Å². The van der Waals surface area contributed by atoms with Crippen molar-refractivity contribution < 1.29 is 4.79 Å². The Morgan fingerprint density at radius 3 is 2.30 bits per heavy atom. The molecule has 0 aliphatic carbocycles. The van der Waals surface area contributed by atoms with Crippen LogP contribution in [0.5, 0.6) is 0 Å². The number of carbonyl (C=O) groups excluding carboxylic acids is 1. The number of pyridine rings is 1. The maximum Gasteiger partial charge on any atom is 0.170 e. The van der Waals surface area contributed by atoms with E-state index in [1.165, 1.54) is 30.4 Å². The van der Waals surface area contributed by atoms with Gasteiger partial charge in [-0.25, -0.2) is 4.98 Å². The summed E-state index contributed by atoms with van der Waals surface area (Å²) >= 11 is 11.4. The maximum atomic E-state index is 10.8. The number of hydrogen-bond acceptors (Lipinski definition) is 3. The predicted octanol–water partition coefficient (Wildman–Crippen LogP) is 8.14. The van der Waals surface area contributed by atoms with Gasteiger partial charge in [-0.1, -0.05) is 67.7 Å². The van der Waals surface area contributed by atoms with Crippen LogP contribution in [0, 0.1) is 0 Å². The third-order valence-electron chi connectivity index (χ3n) is 5.64. The van der Waals surface area contributed by atoms with Gasteiger partial charge in [0.1, 0.15) is 11.3 Å². The van der Waals surface area contributed by atoms with E-state index in [0.29, 0.717) is 21.7 Å². The molecular weight excluding hydrogens is 453 g/mol. The van der Waals surface area contributed by atoms with E-state index in [1.807, 2.05) is 29.8 Å². The second-order valence-electron chi connectivity index (χ2n) is 7.86. The van der Waals surface area contributed by atoms with Gasteiger partial charge in [-0.15, -0.1) is 0 Å². The highest BCUT2D eigenvalue weighted by Gasteiger charge is 2.09. The van der Waals surface area contributed by atoms with E-state index in [1.54, 1.807) is 18.3 Å². The van der Waals surface area contributed by atoms with Crippen LogP contribution < -0.4 is 5.32 Å². The first-order valence-electron chi connectivity index (χ1n) is 11.2. The van der Waals surface area contributed by atoms with Crippen LogP contribution in [-0.4, -0.2) is 22.7 Å². The molecule has 0 bridgehead atoms. The van der Waals surface area contributed by atoms with E-state index >= 15 is 0 Å². The Bertz CT molecular complexity index is 1200. The number of anilines is 1. The van der Waals surface area contributed by atoms with E-state index in [9.17, 15) is 4.79 Å². The Morgan fingerprint density at radius 2 is 1.70 bits per heavy atom. The number of hydrogen-bond donors (Lipinski definition) is 1. The van der Waals surface area contributed by atoms with Gasteiger partial charge in [0.15, 0.2) is 6.29 Å². The lowest BCUT2D eigenvalue weighted by Gasteiger charge is -2.14. The third kappa shape index (κ3) is 6.37. The van der Waals surface area contributed by atoms with Gasteiger partial charge in [-0.05, 0) is 65.8 Å². The molecular formula is C27H29Cl2N3O. The molecule has 0 aliphatic heterocycles. The number of fused-ring (bicyclic) bond motifs is 1. The Kier molecular flexibility index (Phi) is 8.93. The minimum absolute atomic E-state index is 0.461. The average Bonchev–Trinajstić information content (AvgIpc) is 3.27. The molecule has 2 aromatic heterocycles. The third-order valence-corrected chi connectivity index (χ3v) is 6.38. The molecule has 33 heavy (non-hydrogen) atoms. The maximum absolute atomic E-state index is 10.8. The summed E-state index contributed by atoms with van der Waals surface area (Å²) in [5.74, 6) is 0.653. The molecule has 172 valence electrons. The number of aromatic nitrogens is 2. The second kappa shape index (κ2) is 11.9. The number of carbonyl (C=O) groups is 1. The number of benzene rings is 2. The summed E-state index contributed by atoms with van der Waals surface area (Å²) in [5.41, 5.74) is 5.95. The van der Waals surface area contributed by atoms with E-state index in [2.05, 4.69) is 54.5 Å². The topological polar surface area (TPSA) is 46.4 Å². The van der Waals surface area contributed by atoms with Crippen LogP contribution >= 0.6 is 23.2 Å². The lowest BCUT2D eigenvalue weighted by Crippen LogP contribution is -1.96. The van der Waals surface area contributed by atoms with Crippen molar-refractivity contribution in [2.75, 3.05) is 12.4 Å². The monoisotopic (exact) mass is 481 g/mol. The molecule has 0 unspecified atom stereocenters. The van der Waals surface area contributed by atoms with E-state index in [-0.39, 0.29) is 0 Å². The molecule has 0 radical (unpaired) electrons. The van der Waals surface area contributed by atoms with Gasteiger partial charge in [-0.2, -0.15) is 0 Å². The van der Waals surface area contributed by atoms with Crippen molar-refractivity contribution in [3.05, 3.63) is 88.3 Å². The quantitative estimate of drug-likeness (QED) is 0.271. The van der Waals surface area contributed by atoms with Crippen LogP contribution in [0.2, 0.25) is 10.0 Å². The van der Waals surface area contributed by atoms with Crippen molar-refractivity contribution in [1.29, 1.82) is 0 Å². The molecule has 1 atom stereocenters. The summed E-state index contributed by atoms with van der Waals surface area (Å²) in [6.07, 6.45) is 8.20. The number of imidazole rings is 1. The fraction of sp³-hybridized carbons (Fsp3) is 0.259. The first-order valence-corrected chi connectivity index (χ1v) is 11.9. The molecule has 0 aliphatic rings. The molecule has 6 heteroatoms.